The smallest absolute Gasteiger partial charge is 0.224 e. The summed E-state index contributed by atoms with van der Waals surface area (Å²) in [5.74, 6) is 0.712. The average Bonchev–Trinajstić information content (AvgIpc) is 3.01. The molecular weight excluding hydrogens is 308 g/mol. The van der Waals surface area contributed by atoms with Gasteiger partial charge < -0.3 is 20.9 Å². The monoisotopic (exact) mass is 326 g/mol. The van der Waals surface area contributed by atoms with E-state index in [9.17, 15) is 5.11 Å². The van der Waals surface area contributed by atoms with Crippen molar-refractivity contribution in [2.24, 2.45) is 0 Å². The van der Waals surface area contributed by atoms with Gasteiger partial charge in [-0.2, -0.15) is 9.97 Å². The van der Waals surface area contributed by atoms with Crippen molar-refractivity contribution >= 4 is 28.6 Å². The standard InChI is InChI=1S/C16H18N6O2/c17-16-20-14(19-10-5-1-2-6-11(10)23)13-15(21-16)22(9-18-13)12-7-3-4-8-24-12/h1-2,5-6,9,12,23H,3-4,7-8H2,(H3,17,19,20,21). The molecule has 1 aromatic carbocycles. The number of hydrogen-bond acceptors (Lipinski definition) is 7. The van der Waals surface area contributed by atoms with Gasteiger partial charge in [0.05, 0.1) is 12.0 Å². The van der Waals surface area contributed by atoms with E-state index in [4.69, 9.17) is 10.5 Å². The zero-order valence-electron chi connectivity index (χ0n) is 13.0. The molecule has 0 radical (unpaired) electrons. The van der Waals surface area contributed by atoms with Crippen LogP contribution in [0.25, 0.3) is 11.2 Å². The fourth-order valence-corrected chi connectivity index (χ4v) is 2.88. The third-order valence-electron chi connectivity index (χ3n) is 4.06. The third-order valence-corrected chi connectivity index (χ3v) is 4.06. The van der Waals surface area contributed by atoms with Gasteiger partial charge in [-0.25, -0.2) is 4.98 Å². The molecule has 1 aliphatic heterocycles. The van der Waals surface area contributed by atoms with Crippen LogP contribution in [0, 0.1) is 0 Å². The first-order chi connectivity index (χ1) is 11.7. The molecule has 1 atom stereocenters. The summed E-state index contributed by atoms with van der Waals surface area (Å²) in [6, 6.07) is 6.91. The molecule has 0 aliphatic carbocycles. The number of phenolic OH excluding ortho intramolecular Hbond substituents is 1. The molecule has 2 aromatic heterocycles. The predicted molar refractivity (Wildman–Crippen MR) is 90.0 cm³/mol. The number of nitrogen functional groups attached to an aromatic ring is 1. The number of ether oxygens (including phenoxy) is 1. The van der Waals surface area contributed by atoms with Crippen LogP contribution in [0.4, 0.5) is 17.5 Å². The highest BCUT2D eigenvalue weighted by Crippen LogP contribution is 2.31. The molecule has 3 heterocycles. The summed E-state index contributed by atoms with van der Waals surface area (Å²) in [7, 11) is 0. The van der Waals surface area contributed by atoms with Crippen LogP contribution in [0.2, 0.25) is 0 Å². The Balaban J connectivity index is 1.76. The van der Waals surface area contributed by atoms with E-state index in [0.29, 0.717) is 22.7 Å². The van der Waals surface area contributed by atoms with Crippen LogP contribution < -0.4 is 11.1 Å². The minimum Gasteiger partial charge on any atom is -0.506 e. The van der Waals surface area contributed by atoms with Crippen molar-refractivity contribution < 1.29 is 9.84 Å². The van der Waals surface area contributed by atoms with Gasteiger partial charge in [-0.1, -0.05) is 12.1 Å². The lowest BCUT2D eigenvalue weighted by Gasteiger charge is -2.23. The number of anilines is 3. The molecule has 0 amide bonds. The van der Waals surface area contributed by atoms with E-state index in [1.807, 2.05) is 10.6 Å². The number of hydrogen-bond donors (Lipinski definition) is 3. The highest BCUT2D eigenvalue weighted by atomic mass is 16.5. The highest BCUT2D eigenvalue weighted by molar-refractivity contribution is 5.87. The summed E-state index contributed by atoms with van der Waals surface area (Å²) in [5.41, 5.74) is 7.60. The zero-order valence-corrected chi connectivity index (χ0v) is 13.0. The second-order valence-corrected chi connectivity index (χ2v) is 5.72. The molecule has 8 heteroatoms. The van der Waals surface area contributed by atoms with Gasteiger partial charge in [0.25, 0.3) is 0 Å². The maximum Gasteiger partial charge on any atom is 0.224 e. The van der Waals surface area contributed by atoms with Crippen molar-refractivity contribution in [2.45, 2.75) is 25.5 Å². The first-order valence-electron chi connectivity index (χ1n) is 7.89. The molecular formula is C16H18N6O2. The molecule has 8 nitrogen and oxygen atoms in total. The van der Waals surface area contributed by atoms with Gasteiger partial charge in [-0.05, 0) is 31.4 Å². The van der Waals surface area contributed by atoms with Gasteiger partial charge in [0.15, 0.2) is 17.0 Å². The number of aromatic hydroxyl groups is 1. The Hall–Kier alpha value is -2.87. The molecule has 1 fully saturated rings. The van der Waals surface area contributed by atoms with Gasteiger partial charge in [-0.15, -0.1) is 0 Å². The van der Waals surface area contributed by atoms with E-state index in [0.717, 1.165) is 25.9 Å². The minimum atomic E-state index is -0.0870. The number of para-hydroxylation sites is 2. The normalized spacial score (nSPS) is 17.9. The number of imidazole rings is 1. The SMILES string of the molecule is Nc1nc(Nc2ccccc2O)c2ncn(C3CCCCO3)c2n1. The Bertz CT molecular complexity index is 872. The molecule has 4 N–H and O–H groups in total. The molecule has 1 aliphatic rings. The van der Waals surface area contributed by atoms with Crippen molar-refractivity contribution in [2.75, 3.05) is 17.7 Å². The van der Waals surface area contributed by atoms with Crippen molar-refractivity contribution in [1.29, 1.82) is 0 Å². The Kier molecular flexibility index (Phi) is 3.66. The van der Waals surface area contributed by atoms with Crippen LogP contribution in [0.15, 0.2) is 30.6 Å². The number of nitrogens with zero attached hydrogens (tertiary/aromatic N) is 4. The molecule has 3 aromatic rings. The van der Waals surface area contributed by atoms with Crippen molar-refractivity contribution in [3.8, 4) is 5.75 Å². The Labute approximate surface area is 138 Å². The molecule has 124 valence electrons. The third kappa shape index (κ3) is 2.61. The maximum absolute atomic E-state index is 9.94. The minimum absolute atomic E-state index is 0.0870. The zero-order chi connectivity index (χ0) is 16.5. The number of benzene rings is 1. The van der Waals surface area contributed by atoms with E-state index >= 15 is 0 Å². The summed E-state index contributed by atoms with van der Waals surface area (Å²) < 4.78 is 7.70. The van der Waals surface area contributed by atoms with E-state index in [2.05, 4.69) is 20.3 Å². The average molecular weight is 326 g/mol. The molecule has 1 saturated heterocycles. The Morgan fingerprint density at radius 1 is 1.25 bits per heavy atom. The maximum atomic E-state index is 9.94. The van der Waals surface area contributed by atoms with E-state index < -0.39 is 0 Å². The van der Waals surface area contributed by atoms with Crippen LogP contribution >= 0.6 is 0 Å². The van der Waals surface area contributed by atoms with Crippen LogP contribution in [-0.2, 0) is 4.74 Å². The number of phenols is 1. The number of rotatable bonds is 3. The lowest BCUT2D eigenvalue weighted by molar-refractivity contribution is -0.0298. The van der Waals surface area contributed by atoms with E-state index in [-0.39, 0.29) is 17.9 Å². The van der Waals surface area contributed by atoms with Crippen molar-refractivity contribution in [3.05, 3.63) is 30.6 Å². The van der Waals surface area contributed by atoms with Crippen LogP contribution in [-0.4, -0.2) is 31.2 Å². The summed E-state index contributed by atoms with van der Waals surface area (Å²) in [6.07, 6.45) is 4.70. The predicted octanol–water partition coefficient (Wildman–Crippen LogP) is 2.56. The van der Waals surface area contributed by atoms with Gasteiger partial charge in [0, 0.05) is 6.61 Å². The van der Waals surface area contributed by atoms with Crippen LogP contribution in [0.5, 0.6) is 5.75 Å². The summed E-state index contributed by atoms with van der Waals surface area (Å²) in [5, 5.41) is 13.0. The lowest BCUT2D eigenvalue weighted by Crippen LogP contribution is -2.18. The fourth-order valence-electron chi connectivity index (χ4n) is 2.88. The van der Waals surface area contributed by atoms with E-state index in [1.165, 1.54) is 0 Å². The molecule has 0 saturated carbocycles. The van der Waals surface area contributed by atoms with Gasteiger partial charge >= 0.3 is 0 Å². The van der Waals surface area contributed by atoms with Gasteiger partial charge in [0.2, 0.25) is 5.95 Å². The number of fused-ring (bicyclic) bond motifs is 1. The second kappa shape index (κ2) is 5.97. The number of nitrogens with two attached hydrogens (primary N) is 1. The number of aromatic nitrogens is 4. The number of nitrogens with one attached hydrogen (secondary N) is 1. The molecule has 1 unspecified atom stereocenters. The summed E-state index contributed by atoms with van der Waals surface area (Å²) in [6.45, 7) is 0.730. The van der Waals surface area contributed by atoms with Crippen molar-refractivity contribution in [1.82, 2.24) is 19.5 Å². The second-order valence-electron chi connectivity index (χ2n) is 5.72. The highest BCUT2D eigenvalue weighted by Gasteiger charge is 2.21. The molecule has 0 spiro atoms. The van der Waals surface area contributed by atoms with E-state index in [1.54, 1.807) is 24.5 Å². The van der Waals surface area contributed by atoms with Crippen molar-refractivity contribution in [3.63, 3.8) is 0 Å². The summed E-state index contributed by atoms with van der Waals surface area (Å²) in [4.78, 5) is 13.0. The molecule has 0 bridgehead atoms. The molecule has 24 heavy (non-hydrogen) atoms. The Morgan fingerprint density at radius 2 is 2.12 bits per heavy atom. The topological polar surface area (TPSA) is 111 Å². The Morgan fingerprint density at radius 3 is 2.92 bits per heavy atom. The quantitative estimate of drug-likeness (QED) is 0.634. The first-order valence-corrected chi connectivity index (χ1v) is 7.89. The van der Waals surface area contributed by atoms with Gasteiger partial charge in [0.1, 0.15) is 12.0 Å². The lowest BCUT2D eigenvalue weighted by atomic mass is 10.2. The van der Waals surface area contributed by atoms with Crippen LogP contribution in [0.1, 0.15) is 25.5 Å². The fraction of sp³-hybridized carbons (Fsp3) is 0.312. The molecule has 4 rings (SSSR count). The van der Waals surface area contributed by atoms with Gasteiger partial charge in [-0.3, -0.25) is 4.57 Å². The van der Waals surface area contributed by atoms with Crippen LogP contribution in [0.3, 0.4) is 0 Å². The first kappa shape index (κ1) is 14.7. The largest absolute Gasteiger partial charge is 0.506 e. The summed E-state index contributed by atoms with van der Waals surface area (Å²) >= 11 is 0.